The molecule has 2 N–H and O–H groups in total. The molecule has 1 fully saturated rings. The first-order valence-corrected chi connectivity index (χ1v) is 4.92. The Morgan fingerprint density at radius 1 is 1.57 bits per heavy atom. The molecule has 76 valence electrons. The number of aliphatic hydroxyl groups is 1. The van der Waals surface area contributed by atoms with E-state index in [0.29, 0.717) is 0 Å². The topological polar surface area (TPSA) is 58.0 Å². The van der Waals surface area contributed by atoms with Crippen LogP contribution in [-0.4, -0.2) is 27.4 Å². The summed E-state index contributed by atoms with van der Waals surface area (Å²) in [5, 5.41) is 20.4. The number of aryl methyl sites for hydroxylation is 1. The van der Waals surface area contributed by atoms with Crippen molar-refractivity contribution in [3.63, 3.8) is 0 Å². The zero-order valence-corrected chi connectivity index (χ0v) is 8.32. The third-order valence-corrected chi connectivity index (χ3v) is 2.80. The molecule has 4 heteroatoms. The third kappa shape index (κ3) is 1.70. The van der Waals surface area contributed by atoms with Crippen molar-refractivity contribution in [3.8, 4) is 0 Å². The Kier molecular flexibility index (Phi) is 2.37. The highest BCUT2D eigenvalue weighted by atomic mass is 16.3. The van der Waals surface area contributed by atoms with Gasteiger partial charge in [0.05, 0.1) is 18.3 Å². The second-order valence-electron chi connectivity index (χ2n) is 4.04. The predicted octanol–water partition coefficient (Wildman–Crippen LogP) is 1.11. The first-order valence-electron chi connectivity index (χ1n) is 4.92. The van der Waals surface area contributed by atoms with Gasteiger partial charge in [-0.25, -0.2) is 0 Å². The van der Waals surface area contributed by atoms with Gasteiger partial charge in [-0.2, -0.15) is 5.10 Å². The number of hydrogen-bond acceptors (Lipinski definition) is 4. The maximum atomic E-state index is 9.26. The molecule has 0 aliphatic heterocycles. The van der Waals surface area contributed by atoms with Crippen LogP contribution in [-0.2, 0) is 0 Å². The Morgan fingerprint density at radius 3 is 2.86 bits per heavy atom. The molecule has 1 aliphatic carbocycles. The highest BCUT2D eigenvalue weighted by molar-refractivity contribution is 5.39. The van der Waals surface area contributed by atoms with Gasteiger partial charge in [0.15, 0.2) is 0 Å². The van der Waals surface area contributed by atoms with Gasteiger partial charge in [-0.1, -0.05) is 0 Å². The molecule has 1 aromatic rings. The van der Waals surface area contributed by atoms with E-state index in [1.807, 2.05) is 13.0 Å². The summed E-state index contributed by atoms with van der Waals surface area (Å²) < 4.78 is 0. The number of nitrogens with one attached hydrogen (secondary N) is 1. The zero-order valence-electron chi connectivity index (χ0n) is 8.32. The van der Waals surface area contributed by atoms with E-state index in [1.54, 1.807) is 6.20 Å². The van der Waals surface area contributed by atoms with Crippen molar-refractivity contribution >= 4 is 5.82 Å². The van der Waals surface area contributed by atoms with Gasteiger partial charge in [-0.15, -0.1) is 5.10 Å². The molecule has 1 saturated carbocycles. The van der Waals surface area contributed by atoms with Crippen molar-refractivity contribution in [2.24, 2.45) is 0 Å². The average Bonchev–Trinajstić information content (AvgIpc) is 2.11. The molecule has 4 nitrogen and oxygen atoms in total. The minimum Gasteiger partial charge on any atom is -0.394 e. The number of hydrogen-bond donors (Lipinski definition) is 2. The molecule has 0 bridgehead atoms. The molecule has 0 radical (unpaired) electrons. The van der Waals surface area contributed by atoms with Gasteiger partial charge < -0.3 is 10.4 Å². The molecule has 1 heterocycles. The van der Waals surface area contributed by atoms with Crippen molar-refractivity contribution < 1.29 is 5.11 Å². The molecular weight excluding hydrogens is 178 g/mol. The van der Waals surface area contributed by atoms with Gasteiger partial charge in [-0.3, -0.25) is 0 Å². The van der Waals surface area contributed by atoms with Crippen LogP contribution in [0.3, 0.4) is 0 Å². The van der Waals surface area contributed by atoms with Crippen LogP contribution in [0.1, 0.15) is 24.8 Å². The van der Waals surface area contributed by atoms with E-state index >= 15 is 0 Å². The first-order chi connectivity index (χ1) is 6.74. The second kappa shape index (κ2) is 3.53. The molecular formula is C10H15N3O. The van der Waals surface area contributed by atoms with Gasteiger partial charge in [0.1, 0.15) is 5.82 Å². The number of anilines is 1. The lowest BCUT2D eigenvalue weighted by Crippen LogP contribution is -2.48. The normalized spacial score (nSPS) is 18.7. The lowest BCUT2D eigenvalue weighted by molar-refractivity contribution is 0.143. The van der Waals surface area contributed by atoms with Crippen LogP contribution in [0, 0.1) is 6.92 Å². The minimum atomic E-state index is -0.136. The summed E-state index contributed by atoms with van der Waals surface area (Å²) in [6, 6.07) is 1.95. The predicted molar refractivity (Wildman–Crippen MR) is 54.1 cm³/mol. The van der Waals surface area contributed by atoms with Crippen LogP contribution in [0.2, 0.25) is 0 Å². The monoisotopic (exact) mass is 193 g/mol. The van der Waals surface area contributed by atoms with E-state index in [9.17, 15) is 5.11 Å². The van der Waals surface area contributed by atoms with Crippen LogP contribution < -0.4 is 5.32 Å². The maximum Gasteiger partial charge on any atom is 0.149 e. The van der Waals surface area contributed by atoms with Crippen molar-refractivity contribution in [2.45, 2.75) is 31.7 Å². The molecule has 1 aromatic heterocycles. The van der Waals surface area contributed by atoms with E-state index in [1.165, 1.54) is 6.42 Å². The van der Waals surface area contributed by atoms with Gasteiger partial charge in [0.2, 0.25) is 0 Å². The van der Waals surface area contributed by atoms with Crippen LogP contribution in [0.25, 0.3) is 0 Å². The van der Waals surface area contributed by atoms with E-state index in [-0.39, 0.29) is 12.1 Å². The molecule has 2 rings (SSSR count). The SMILES string of the molecule is Cc1cnnc(NC2(CO)CCC2)c1. The summed E-state index contributed by atoms with van der Waals surface area (Å²) in [5.74, 6) is 0.763. The molecule has 1 aliphatic rings. The highest BCUT2D eigenvalue weighted by Gasteiger charge is 2.36. The maximum absolute atomic E-state index is 9.26. The molecule has 0 atom stereocenters. The summed E-state index contributed by atoms with van der Waals surface area (Å²) in [7, 11) is 0. The number of aromatic nitrogens is 2. The van der Waals surface area contributed by atoms with E-state index in [0.717, 1.165) is 24.2 Å². The Balaban J connectivity index is 2.09. The Labute approximate surface area is 83.4 Å². The summed E-state index contributed by atoms with van der Waals surface area (Å²) in [4.78, 5) is 0. The van der Waals surface area contributed by atoms with Gasteiger partial charge in [-0.05, 0) is 37.8 Å². The smallest absolute Gasteiger partial charge is 0.149 e. The van der Waals surface area contributed by atoms with Crippen LogP contribution >= 0.6 is 0 Å². The summed E-state index contributed by atoms with van der Waals surface area (Å²) in [5.41, 5.74) is 0.942. The Bertz CT molecular complexity index is 317. The van der Waals surface area contributed by atoms with Crippen molar-refractivity contribution in [2.75, 3.05) is 11.9 Å². The van der Waals surface area contributed by atoms with Crippen molar-refractivity contribution in [3.05, 3.63) is 17.8 Å². The lowest BCUT2D eigenvalue weighted by Gasteiger charge is -2.41. The summed E-state index contributed by atoms with van der Waals surface area (Å²) in [6.07, 6.45) is 4.92. The van der Waals surface area contributed by atoms with Crippen molar-refractivity contribution in [1.29, 1.82) is 0 Å². The minimum absolute atomic E-state index is 0.136. The fourth-order valence-corrected chi connectivity index (χ4v) is 1.72. The molecule has 0 saturated heterocycles. The molecule has 0 spiro atoms. The molecule has 0 unspecified atom stereocenters. The molecule has 0 aromatic carbocycles. The zero-order chi connectivity index (χ0) is 10.0. The number of aliphatic hydroxyl groups excluding tert-OH is 1. The number of nitrogens with zero attached hydrogens (tertiary/aromatic N) is 2. The molecule has 14 heavy (non-hydrogen) atoms. The summed E-state index contributed by atoms with van der Waals surface area (Å²) in [6.45, 7) is 2.15. The van der Waals surface area contributed by atoms with E-state index < -0.39 is 0 Å². The molecule has 0 amide bonds. The fourth-order valence-electron chi connectivity index (χ4n) is 1.72. The van der Waals surface area contributed by atoms with Gasteiger partial charge in [0, 0.05) is 0 Å². The lowest BCUT2D eigenvalue weighted by atomic mass is 9.77. The fraction of sp³-hybridized carbons (Fsp3) is 0.600. The Morgan fingerprint density at radius 2 is 2.36 bits per heavy atom. The Hall–Kier alpha value is -1.16. The second-order valence-corrected chi connectivity index (χ2v) is 4.04. The standard InChI is InChI=1S/C10H15N3O/c1-8-5-9(13-11-6-8)12-10(7-14)3-2-4-10/h5-6,14H,2-4,7H2,1H3,(H,12,13). The summed E-state index contributed by atoms with van der Waals surface area (Å²) >= 11 is 0. The first kappa shape index (κ1) is 9.40. The quantitative estimate of drug-likeness (QED) is 0.755. The third-order valence-electron chi connectivity index (χ3n) is 2.80. The van der Waals surface area contributed by atoms with E-state index in [2.05, 4.69) is 15.5 Å². The van der Waals surface area contributed by atoms with Crippen LogP contribution in [0.5, 0.6) is 0 Å². The van der Waals surface area contributed by atoms with Crippen LogP contribution in [0.4, 0.5) is 5.82 Å². The largest absolute Gasteiger partial charge is 0.394 e. The van der Waals surface area contributed by atoms with Crippen molar-refractivity contribution in [1.82, 2.24) is 10.2 Å². The van der Waals surface area contributed by atoms with Crippen LogP contribution in [0.15, 0.2) is 12.3 Å². The number of rotatable bonds is 3. The van der Waals surface area contributed by atoms with Gasteiger partial charge >= 0.3 is 0 Å². The van der Waals surface area contributed by atoms with E-state index in [4.69, 9.17) is 0 Å². The highest BCUT2D eigenvalue weighted by Crippen LogP contribution is 2.34. The van der Waals surface area contributed by atoms with Gasteiger partial charge in [0.25, 0.3) is 0 Å². The average molecular weight is 193 g/mol.